The number of esters is 1. The average molecular weight is 312 g/mol. The molecule has 0 amide bonds. The van der Waals surface area contributed by atoms with Gasteiger partial charge in [-0.25, -0.2) is 9.18 Å². The van der Waals surface area contributed by atoms with Gasteiger partial charge in [0.15, 0.2) is 0 Å². The summed E-state index contributed by atoms with van der Waals surface area (Å²) in [4.78, 5) is 22.0. The van der Waals surface area contributed by atoms with E-state index in [2.05, 4.69) is 16.6 Å². The van der Waals surface area contributed by atoms with Gasteiger partial charge in [0.25, 0.3) is 5.69 Å². The highest BCUT2D eigenvalue weighted by Gasteiger charge is 2.24. The third-order valence-corrected chi connectivity index (χ3v) is 3.05. The van der Waals surface area contributed by atoms with Crippen molar-refractivity contribution in [1.82, 2.24) is 0 Å². The summed E-state index contributed by atoms with van der Waals surface area (Å²) in [5, 5.41) is 13.8. The largest absolute Gasteiger partial charge is 0.497 e. The van der Waals surface area contributed by atoms with Crippen LogP contribution in [0.25, 0.3) is 5.76 Å². The molecule has 1 unspecified atom stereocenters. The summed E-state index contributed by atoms with van der Waals surface area (Å²) in [5.74, 6) is -1.38. The minimum absolute atomic E-state index is 0.0350. The molecule has 22 heavy (non-hydrogen) atoms. The molecular formula is C14H17FN2O5. The van der Waals surface area contributed by atoms with Gasteiger partial charge in [0.1, 0.15) is 23.3 Å². The highest BCUT2D eigenvalue weighted by Crippen LogP contribution is 2.31. The molecule has 1 rings (SSSR count). The molecule has 0 radical (unpaired) electrons. The fourth-order valence-corrected chi connectivity index (χ4v) is 1.81. The average Bonchev–Trinajstić information content (AvgIpc) is 2.50. The Kier molecular flexibility index (Phi) is 5.85. The zero-order valence-electron chi connectivity index (χ0n) is 12.5. The molecule has 120 valence electrons. The first-order chi connectivity index (χ1) is 10.3. The summed E-state index contributed by atoms with van der Waals surface area (Å²) in [6.07, 6.45) is 0.317. The van der Waals surface area contributed by atoms with E-state index in [0.29, 0.717) is 6.42 Å². The van der Waals surface area contributed by atoms with Crippen LogP contribution in [0.4, 0.5) is 15.8 Å². The molecule has 0 aliphatic rings. The fourth-order valence-electron chi connectivity index (χ4n) is 1.81. The number of anilines is 1. The van der Waals surface area contributed by atoms with Gasteiger partial charge in [0, 0.05) is 12.1 Å². The van der Waals surface area contributed by atoms with Crippen molar-refractivity contribution in [3.8, 4) is 0 Å². The van der Waals surface area contributed by atoms with Crippen LogP contribution in [0.5, 0.6) is 0 Å². The number of nitrogens with one attached hydrogen (secondary N) is 1. The lowest BCUT2D eigenvalue weighted by Gasteiger charge is -2.16. The van der Waals surface area contributed by atoms with Gasteiger partial charge in [-0.05, 0) is 6.42 Å². The lowest BCUT2D eigenvalue weighted by molar-refractivity contribution is -0.384. The summed E-state index contributed by atoms with van der Waals surface area (Å²) in [7, 11) is 2.48. The standard InChI is InChI=1S/C14H17FN2O5/c1-5-11(14(18)22-4)16-12-7-10(15)9(8(2)21-3)6-13(12)17(19)20/h6-7,11,16H,2,5H2,1,3-4H3. The molecule has 0 bridgehead atoms. The Balaban J connectivity index is 3.29. The topological polar surface area (TPSA) is 90.7 Å². The number of nitro benzene ring substituents is 1. The maximum atomic E-state index is 14.0. The number of rotatable bonds is 7. The summed E-state index contributed by atoms with van der Waals surface area (Å²) in [6.45, 7) is 5.17. The number of halogens is 1. The molecule has 7 nitrogen and oxygen atoms in total. The van der Waals surface area contributed by atoms with Gasteiger partial charge < -0.3 is 14.8 Å². The highest BCUT2D eigenvalue weighted by atomic mass is 19.1. The quantitative estimate of drug-likeness (QED) is 0.360. The third-order valence-electron chi connectivity index (χ3n) is 3.05. The maximum Gasteiger partial charge on any atom is 0.328 e. The molecule has 8 heteroatoms. The minimum Gasteiger partial charge on any atom is -0.497 e. The van der Waals surface area contributed by atoms with Crippen LogP contribution < -0.4 is 5.32 Å². The third kappa shape index (κ3) is 3.72. The second kappa shape index (κ2) is 7.39. The Morgan fingerprint density at radius 2 is 2.09 bits per heavy atom. The molecule has 1 aromatic rings. The van der Waals surface area contributed by atoms with E-state index in [0.717, 1.165) is 12.1 Å². The van der Waals surface area contributed by atoms with E-state index in [-0.39, 0.29) is 17.0 Å². The summed E-state index contributed by atoms with van der Waals surface area (Å²) < 4.78 is 23.4. The molecule has 0 aromatic heterocycles. The Labute approximate surface area is 126 Å². The van der Waals surface area contributed by atoms with Crippen LogP contribution in [0.1, 0.15) is 18.9 Å². The number of methoxy groups -OCH3 is 2. The first kappa shape index (κ1) is 17.4. The van der Waals surface area contributed by atoms with Gasteiger partial charge in [0.05, 0.1) is 24.7 Å². The summed E-state index contributed by atoms with van der Waals surface area (Å²) in [6, 6.07) is 1.12. The lowest BCUT2D eigenvalue weighted by atomic mass is 10.1. The number of benzene rings is 1. The molecule has 0 heterocycles. The number of carbonyl (C=O) groups is 1. The summed E-state index contributed by atoms with van der Waals surface area (Å²) in [5.41, 5.74) is -0.629. The van der Waals surface area contributed by atoms with Gasteiger partial charge >= 0.3 is 5.97 Å². The van der Waals surface area contributed by atoms with Crippen molar-refractivity contribution in [2.45, 2.75) is 19.4 Å². The first-order valence-corrected chi connectivity index (χ1v) is 6.41. The van der Waals surface area contributed by atoms with E-state index in [1.54, 1.807) is 6.92 Å². The van der Waals surface area contributed by atoms with Crippen molar-refractivity contribution in [3.63, 3.8) is 0 Å². The van der Waals surface area contributed by atoms with Crippen LogP contribution in [0.15, 0.2) is 18.7 Å². The second-order valence-corrected chi connectivity index (χ2v) is 4.36. The van der Waals surface area contributed by atoms with Gasteiger partial charge in [-0.1, -0.05) is 13.5 Å². The highest BCUT2D eigenvalue weighted by molar-refractivity contribution is 5.81. The van der Waals surface area contributed by atoms with E-state index in [4.69, 9.17) is 4.74 Å². The molecule has 0 aliphatic heterocycles. The van der Waals surface area contributed by atoms with Crippen molar-refractivity contribution in [2.24, 2.45) is 0 Å². The van der Waals surface area contributed by atoms with E-state index in [9.17, 15) is 19.3 Å². The Morgan fingerprint density at radius 1 is 1.45 bits per heavy atom. The number of hydrogen-bond donors (Lipinski definition) is 1. The van der Waals surface area contributed by atoms with Crippen molar-refractivity contribution < 1.29 is 23.6 Å². The van der Waals surface area contributed by atoms with E-state index >= 15 is 0 Å². The lowest BCUT2D eigenvalue weighted by Crippen LogP contribution is -2.30. The van der Waals surface area contributed by atoms with E-state index < -0.39 is 28.4 Å². The number of carbonyl (C=O) groups excluding carboxylic acids is 1. The Bertz CT molecular complexity index is 603. The van der Waals surface area contributed by atoms with E-state index in [1.807, 2.05) is 0 Å². The van der Waals surface area contributed by atoms with Crippen molar-refractivity contribution in [1.29, 1.82) is 0 Å². The van der Waals surface area contributed by atoms with Crippen molar-refractivity contribution >= 4 is 23.1 Å². The maximum absolute atomic E-state index is 14.0. The molecular weight excluding hydrogens is 295 g/mol. The van der Waals surface area contributed by atoms with Crippen molar-refractivity contribution in [3.05, 3.63) is 40.2 Å². The molecule has 0 saturated carbocycles. The molecule has 0 aliphatic carbocycles. The number of nitrogens with zero attached hydrogens (tertiary/aromatic N) is 1. The van der Waals surface area contributed by atoms with Crippen LogP contribution in [0, 0.1) is 15.9 Å². The predicted molar refractivity (Wildman–Crippen MR) is 78.8 cm³/mol. The molecule has 0 saturated heterocycles. The van der Waals surface area contributed by atoms with Crippen molar-refractivity contribution in [2.75, 3.05) is 19.5 Å². The second-order valence-electron chi connectivity index (χ2n) is 4.36. The van der Waals surface area contributed by atoms with Gasteiger partial charge in [0.2, 0.25) is 0 Å². The molecule has 1 atom stereocenters. The zero-order valence-corrected chi connectivity index (χ0v) is 12.5. The minimum atomic E-state index is -0.820. The van der Waals surface area contributed by atoms with Crippen LogP contribution in [-0.4, -0.2) is 31.2 Å². The van der Waals surface area contributed by atoms with Crippen LogP contribution in [0.3, 0.4) is 0 Å². The number of hydrogen-bond acceptors (Lipinski definition) is 6. The predicted octanol–water partition coefficient (Wildman–Crippen LogP) is 2.71. The monoisotopic (exact) mass is 312 g/mol. The zero-order chi connectivity index (χ0) is 16.9. The number of nitro groups is 1. The fraction of sp³-hybridized carbons (Fsp3) is 0.357. The Hall–Kier alpha value is -2.64. The Morgan fingerprint density at radius 3 is 2.55 bits per heavy atom. The van der Waals surface area contributed by atoms with Crippen LogP contribution in [-0.2, 0) is 14.3 Å². The van der Waals surface area contributed by atoms with Crippen LogP contribution in [0.2, 0.25) is 0 Å². The SMILES string of the molecule is C=C(OC)c1cc([N+](=O)[O-])c(NC(CC)C(=O)OC)cc1F. The van der Waals surface area contributed by atoms with Gasteiger partial charge in [-0.2, -0.15) is 0 Å². The number of ether oxygens (including phenoxy) is 2. The van der Waals surface area contributed by atoms with Crippen LogP contribution >= 0.6 is 0 Å². The molecule has 0 fully saturated rings. The van der Waals surface area contributed by atoms with Gasteiger partial charge in [-0.15, -0.1) is 0 Å². The van der Waals surface area contributed by atoms with Gasteiger partial charge in [-0.3, -0.25) is 10.1 Å². The first-order valence-electron chi connectivity index (χ1n) is 6.41. The summed E-state index contributed by atoms with van der Waals surface area (Å²) >= 11 is 0. The molecule has 0 spiro atoms. The normalized spacial score (nSPS) is 11.5. The van der Waals surface area contributed by atoms with E-state index in [1.165, 1.54) is 14.2 Å². The molecule has 1 aromatic carbocycles. The smallest absolute Gasteiger partial charge is 0.328 e. The molecule has 1 N–H and O–H groups in total.